The molecule has 0 aliphatic carbocycles. The molecule has 2 aliphatic heterocycles. The van der Waals surface area contributed by atoms with Crippen LogP contribution < -0.4 is 10.2 Å². The summed E-state index contributed by atoms with van der Waals surface area (Å²) < 4.78 is 23.4. The van der Waals surface area contributed by atoms with Gasteiger partial charge >= 0.3 is 0 Å². The van der Waals surface area contributed by atoms with Crippen LogP contribution >= 0.6 is 0 Å². The lowest BCUT2D eigenvalue weighted by Gasteiger charge is -2.34. The molecule has 8 nitrogen and oxygen atoms in total. The first kappa shape index (κ1) is 18.6. The third-order valence-electron chi connectivity index (χ3n) is 5.21. The zero-order chi connectivity index (χ0) is 18.9. The van der Waals surface area contributed by atoms with Gasteiger partial charge in [-0.25, -0.2) is 8.42 Å². The standard InChI is InChI=1S/C17H23N3O5S/c1-17(8-11-26(24,25)12-17)18-16(21)13-6-9-19(10-7-13)14-4-2-3-5-15(14)20(22)23/h2-5,13H,6-12H2,1H3,(H,18,21). The van der Waals surface area contributed by atoms with Crippen molar-refractivity contribution in [1.82, 2.24) is 5.32 Å². The molecule has 2 heterocycles. The van der Waals surface area contributed by atoms with Gasteiger partial charge in [0.2, 0.25) is 5.91 Å². The number of carbonyl (C=O) groups is 1. The maximum Gasteiger partial charge on any atom is 0.292 e. The molecule has 3 rings (SSSR count). The molecule has 0 aromatic heterocycles. The highest BCUT2D eigenvalue weighted by molar-refractivity contribution is 7.91. The fourth-order valence-electron chi connectivity index (χ4n) is 3.78. The molecule has 0 radical (unpaired) electrons. The largest absolute Gasteiger partial charge is 0.366 e. The number of nitro benzene ring substituents is 1. The van der Waals surface area contributed by atoms with Crippen LogP contribution in [0.15, 0.2) is 24.3 Å². The average molecular weight is 381 g/mol. The number of para-hydroxylation sites is 2. The van der Waals surface area contributed by atoms with Crippen LogP contribution in [0.1, 0.15) is 26.2 Å². The normalized spacial score (nSPS) is 25.8. The Balaban J connectivity index is 1.61. The van der Waals surface area contributed by atoms with E-state index in [4.69, 9.17) is 0 Å². The number of hydrogen-bond acceptors (Lipinski definition) is 6. The molecule has 0 saturated carbocycles. The number of anilines is 1. The van der Waals surface area contributed by atoms with Crippen LogP contribution in [0.3, 0.4) is 0 Å². The summed E-state index contributed by atoms with van der Waals surface area (Å²) in [6, 6.07) is 6.61. The molecule has 0 bridgehead atoms. The summed E-state index contributed by atoms with van der Waals surface area (Å²) in [5.41, 5.74) is -0.0464. The number of nitro groups is 1. The van der Waals surface area contributed by atoms with Crippen LogP contribution in [0.5, 0.6) is 0 Å². The Labute approximate surface area is 152 Å². The van der Waals surface area contributed by atoms with Gasteiger partial charge in [-0.3, -0.25) is 14.9 Å². The predicted octanol–water partition coefficient (Wildman–Crippen LogP) is 1.50. The van der Waals surface area contributed by atoms with E-state index in [-0.39, 0.29) is 29.0 Å². The van der Waals surface area contributed by atoms with Crippen molar-refractivity contribution in [2.75, 3.05) is 29.5 Å². The lowest BCUT2D eigenvalue weighted by atomic mass is 9.93. The molecule has 1 N–H and O–H groups in total. The van der Waals surface area contributed by atoms with Gasteiger partial charge in [-0.2, -0.15) is 0 Å². The molecule has 2 fully saturated rings. The zero-order valence-electron chi connectivity index (χ0n) is 14.7. The third-order valence-corrected chi connectivity index (χ3v) is 7.12. The lowest BCUT2D eigenvalue weighted by molar-refractivity contribution is -0.384. The summed E-state index contributed by atoms with van der Waals surface area (Å²) in [5.74, 6) is -0.221. The van der Waals surface area contributed by atoms with Crippen LogP contribution in [-0.2, 0) is 14.6 Å². The molecule has 1 atom stereocenters. The van der Waals surface area contributed by atoms with E-state index in [0.717, 1.165) is 0 Å². The molecule has 1 aromatic carbocycles. The molecule has 1 unspecified atom stereocenters. The summed E-state index contributed by atoms with van der Waals surface area (Å²) in [4.78, 5) is 25.3. The zero-order valence-corrected chi connectivity index (χ0v) is 15.5. The minimum absolute atomic E-state index is 0.0131. The third kappa shape index (κ3) is 3.98. The quantitative estimate of drug-likeness (QED) is 0.625. The minimum atomic E-state index is -3.07. The van der Waals surface area contributed by atoms with Crippen molar-refractivity contribution in [3.05, 3.63) is 34.4 Å². The van der Waals surface area contributed by atoms with Crippen molar-refractivity contribution in [1.29, 1.82) is 0 Å². The van der Waals surface area contributed by atoms with E-state index >= 15 is 0 Å². The first-order valence-corrected chi connectivity index (χ1v) is 10.5. The Bertz CT molecular complexity index is 817. The van der Waals surface area contributed by atoms with Crippen molar-refractivity contribution < 1.29 is 18.1 Å². The second-order valence-electron chi connectivity index (χ2n) is 7.40. The highest BCUT2D eigenvalue weighted by Crippen LogP contribution is 2.31. The van der Waals surface area contributed by atoms with Crippen molar-refractivity contribution >= 4 is 27.1 Å². The number of nitrogens with zero attached hydrogens (tertiary/aromatic N) is 2. The fourth-order valence-corrected chi connectivity index (χ4v) is 5.87. The topological polar surface area (TPSA) is 110 Å². The molecule has 0 spiro atoms. The number of benzene rings is 1. The number of rotatable bonds is 4. The maximum absolute atomic E-state index is 12.6. The van der Waals surface area contributed by atoms with Crippen LogP contribution in [0.25, 0.3) is 0 Å². The van der Waals surface area contributed by atoms with E-state index in [0.29, 0.717) is 38.0 Å². The van der Waals surface area contributed by atoms with Crippen LogP contribution in [-0.4, -0.2) is 49.4 Å². The Morgan fingerprint density at radius 3 is 2.54 bits per heavy atom. The first-order chi connectivity index (χ1) is 12.2. The van der Waals surface area contributed by atoms with Gasteiger partial charge in [0.1, 0.15) is 5.69 Å². The Morgan fingerprint density at radius 1 is 1.31 bits per heavy atom. The van der Waals surface area contributed by atoms with Crippen LogP contribution in [0, 0.1) is 16.0 Å². The van der Waals surface area contributed by atoms with Gasteiger partial charge in [0.25, 0.3) is 5.69 Å². The van der Waals surface area contributed by atoms with Gasteiger partial charge < -0.3 is 10.2 Å². The van der Waals surface area contributed by atoms with E-state index < -0.39 is 20.3 Å². The number of piperidine rings is 1. The van der Waals surface area contributed by atoms with Gasteiger partial charge in [-0.15, -0.1) is 0 Å². The second-order valence-corrected chi connectivity index (χ2v) is 9.58. The monoisotopic (exact) mass is 381 g/mol. The minimum Gasteiger partial charge on any atom is -0.366 e. The van der Waals surface area contributed by atoms with Crippen LogP contribution in [0.4, 0.5) is 11.4 Å². The molecule has 142 valence electrons. The summed E-state index contributed by atoms with van der Waals surface area (Å²) in [5, 5.41) is 14.1. The van der Waals surface area contributed by atoms with Gasteiger partial charge in [-0.1, -0.05) is 12.1 Å². The molecule has 2 saturated heterocycles. The summed E-state index contributed by atoms with van der Waals surface area (Å²) in [7, 11) is -3.07. The molecular formula is C17H23N3O5S. The summed E-state index contributed by atoms with van der Waals surface area (Å²) in [6.45, 7) is 2.88. The molecule has 9 heteroatoms. The van der Waals surface area contributed by atoms with Crippen molar-refractivity contribution in [3.8, 4) is 0 Å². The second kappa shape index (κ2) is 6.86. The van der Waals surface area contributed by atoms with E-state index in [2.05, 4.69) is 5.32 Å². The Morgan fingerprint density at radius 2 is 1.96 bits per heavy atom. The maximum atomic E-state index is 12.6. The van der Waals surface area contributed by atoms with Crippen molar-refractivity contribution in [2.45, 2.75) is 31.7 Å². The number of amides is 1. The van der Waals surface area contributed by atoms with Gasteiger partial charge in [0.05, 0.1) is 22.0 Å². The summed E-state index contributed by atoms with van der Waals surface area (Å²) in [6.07, 6.45) is 1.61. The highest BCUT2D eigenvalue weighted by atomic mass is 32.2. The number of sulfone groups is 1. The number of carbonyl (C=O) groups excluding carboxylic acids is 1. The molecule has 2 aliphatic rings. The SMILES string of the molecule is CC1(NC(=O)C2CCN(c3ccccc3[N+](=O)[O-])CC2)CCS(=O)(=O)C1. The number of nitrogens with one attached hydrogen (secondary N) is 1. The van der Waals surface area contributed by atoms with E-state index in [1.807, 2.05) is 4.90 Å². The van der Waals surface area contributed by atoms with Crippen molar-refractivity contribution in [3.63, 3.8) is 0 Å². The first-order valence-electron chi connectivity index (χ1n) is 8.70. The van der Waals surface area contributed by atoms with Gasteiger partial charge in [0.15, 0.2) is 9.84 Å². The number of hydrogen-bond donors (Lipinski definition) is 1. The van der Waals surface area contributed by atoms with E-state index in [9.17, 15) is 23.3 Å². The van der Waals surface area contributed by atoms with Crippen LogP contribution in [0.2, 0.25) is 0 Å². The average Bonchev–Trinajstić information content (AvgIpc) is 2.87. The smallest absolute Gasteiger partial charge is 0.292 e. The Hall–Kier alpha value is -2.16. The predicted molar refractivity (Wildman–Crippen MR) is 97.9 cm³/mol. The molecular weight excluding hydrogens is 358 g/mol. The molecule has 1 amide bonds. The molecule has 26 heavy (non-hydrogen) atoms. The van der Waals surface area contributed by atoms with E-state index in [1.54, 1.807) is 25.1 Å². The summed E-state index contributed by atoms with van der Waals surface area (Å²) >= 11 is 0. The van der Waals surface area contributed by atoms with E-state index in [1.165, 1.54) is 6.07 Å². The van der Waals surface area contributed by atoms with Crippen molar-refractivity contribution in [2.24, 2.45) is 5.92 Å². The van der Waals surface area contributed by atoms with Gasteiger partial charge in [0, 0.05) is 25.1 Å². The highest BCUT2D eigenvalue weighted by Gasteiger charge is 2.40. The molecule has 1 aromatic rings. The van der Waals surface area contributed by atoms with Gasteiger partial charge in [-0.05, 0) is 32.3 Å². The lowest BCUT2D eigenvalue weighted by Crippen LogP contribution is -2.51. The fraction of sp³-hybridized carbons (Fsp3) is 0.588. The Kier molecular flexibility index (Phi) is 4.92.